The number of amides is 2. The molecule has 3 rings (SSSR count). The highest BCUT2D eigenvalue weighted by molar-refractivity contribution is 5.95. The number of rotatable bonds is 3. The van der Waals surface area contributed by atoms with Crippen molar-refractivity contribution in [2.75, 3.05) is 11.9 Å². The van der Waals surface area contributed by atoms with Crippen LogP contribution in [0.2, 0.25) is 0 Å². The minimum Gasteiger partial charge on any atom is -0.482 e. The predicted octanol–water partition coefficient (Wildman–Crippen LogP) is 0.0308. The fourth-order valence-corrected chi connectivity index (χ4v) is 1.98. The zero-order chi connectivity index (χ0) is 15.5. The molecule has 2 aromatic rings. The van der Waals surface area contributed by atoms with Gasteiger partial charge >= 0.3 is 0 Å². The highest BCUT2D eigenvalue weighted by Crippen LogP contribution is 2.28. The smallest absolute Gasteiger partial charge is 0.271 e. The van der Waals surface area contributed by atoms with Gasteiger partial charge in [0.25, 0.3) is 17.4 Å². The molecule has 8 nitrogen and oxygen atoms in total. The fraction of sp³-hybridized carbons (Fsp3) is 0.143. The first-order valence-corrected chi connectivity index (χ1v) is 6.51. The number of carbonyl (C=O) groups excluding carboxylic acids is 2. The lowest BCUT2D eigenvalue weighted by Gasteiger charge is -2.18. The van der Waals surface area contributed by atoms with E-state index in [1.165, 1.54) is 12.1 Å². The molecule has 8 heteroatoms. The van der Waals surface area contributed by atoms with Crippen molar-refractivity contribution in [3.8, 4) is 5.75 Å². The number of aromatic nitrogens is 2. The van der Waals surface area contributed by atoms with Crippen molar-refractivity contribution in [1.82, 2.24) is 15.5 Å². The van der Waals surface area contributed by atoms with Crippen LogP contribution in [0.4, 0.5) is 5.69 Å². The fourth-order valence-electron chi connectivity index (χ4n) is 1.98. The van der Waals surface area contributed by atoms with E-state index in [2.05, 4.69) is 20.8 Å². The van der Waals surface area contributed by atoms with E-state index in [1.54, 1.807) is 18.2 Å². The Hall–Kier alpha value is -3.16. The van der Waals surface area contributed by atoms with Crippen LogP contribution in [0.3, 0.4) is 0 Å². The Labute approximate surface area is 124 Å². The molecule has 0 fully saturated rings. The highest BCUT2D eigenvalue weighted by atomic mass is 16.5. The van der Waals surface area contributed by atoms with Gasteiger partial charge in [0.15, 0.2) is 6.61 Å². The van der Waals surface area contributed by atoms with E-state index in [4.69, 9.17) is 4.74 Å². The van der Waals surface area contributed by atoms with Crippen molar-refractivity contribution < 1.29 is 14.3 Å². The summed E-state index contributed by atoms with van der Waals surface area (Å²) in [6.07, 6.45) is 0. The van der Waals surface area contributed by atoms with E-state index >= 15 is 0 Å². The zero-order valence-corrected chi connectivity index (χ0v) is 11.4. The molecule has 1 aliphatic rings. The molecular weight excluding hydrogens is 288 g/mol. The largest absolute Gasteiger partial charge is 0.482 e. The number of carbonyl (C=O) groups is 2. The SMILES string of the molecule is O=C1COc2ccc(CNC(=O)c3ccc(=O)[nH]n3)cc2N1. The summed E-state index contributed by atoms with van der Waals surface area (Å²) in [4.78, 5) is 34.0. The maximum absolute atomic E-state index is 11.9. The third-order valence-corrected chi connectivity index (χ3v) is 3.04. The molecule has 0 saturated heterocycles. The van der Waals surface area contributed by atoms with Gasteiger partial charge in [-0.3, -0.25) is 14.4 Å². The number of nitrogens with one attached hydrogen (secondary N) is 3. The van der Waals surface area contributed by atoms with Crippen LogP contribution in [0.25, 0.3) is 0 Å². The van der Waals surface area contributed by atoms with Gasteiger partial charge in [-0.25, -0.2) is 5.10 Å². The van der Waals surface area contributed by atoms with E-state index in [9.17, 15) is 14.4 Å². The normalized spacial score (nSPS) is 12.8. The van der Waals surface area contributed by atoms with Crippen molar-refractivity contribution >= 4 is 17.5 Å². The molecular formula is C14H12N4O4. The summed E-state index contributed by atoms with van der Waals surface area (Å²) in [7, 11) is 0. The molecule has 0 radical (unpaired) electrons. The summed E-state index contributed by atoms with van der Waals surface area (Å²) < 4.78 is 5.25. The number of benzene rings is 1. The molecule has 0 bridgehead atoms. The number of H-pyrrole nitrogens is 1. The Morgan fingerprint density at radius 2 is 2.14 bits per heavy atom. The predicted molar refractivity (Wildman–Crippen MR) is 76.6 cm³/mol. The van der Waals surface area contributed by atoms with Gasteiger partial charge in [0.1, 0.15) is 11.4 Å². The van der Waals surface area contributed by atoms with E-state index < -0.39 is 5.91 Å². The summed E-state index contributed by atoms with van der Waals surface area (Å²) in [5.41, 5.74) is 1.11. The standard InChI is InChI=1S/C14H12N4O4/c19-12-4-2-9(17-18-12)14(21)15-6-8-1-3-11-10(5-8)16-13(20)7-22-11/h1-5H,6-7H2,(H,15,21)(H,16,20)(H,18,19). The van der Waals surface area contributed by atoms with Crippen LogP contribution in [-0.2, 0) is 11.3 Å². The van der Waals surface area contributed by atoms with Gasteiger partial charge in [0.05, 0.1) is 5.69 Å². The quantitative estimate of drug-likeness (QED) is 0.740. The van der Waals surface area contributed by atoms with Crippen LogP contribution < -0.4 is 20.9 Å². The molecule has 0 atom stereocenters. The molecule has 1 aliphatic heterocycles. The zero-order valence-electron chi connectivity index (χ0n) is 11.4. The second-order valence-corrected chi connectivity index (χ2v) is 4.66. The number of fused-ring (bicyclic) bond motifs is 1. The van der Waals surface area contributed by atoms with Crippen LogP contribution >= 0.6 is 0 Å². The van der Waals surface area contributed by atoms with Crippen molar-refractivity contribution in [1.29, 1.82) is 0 Å². The monoisotopic (exact) mass is 300 g/mol. The molecule has 3 N–H and O–H groups in total. The van der Waals surface area contributed by atoms with E-state index in [1.807, 2.05) is 0 Å². The number of aromatic amines is 1. The molecule has 1 aromatic heterocycles. The average Bonchev–Trinajstić information content (AvgIpc) is 2.53. The Kier molecular flexibility index (Phi) is 3.57. The van der Waals surface area contributed by atoms with E-state index in [-0.39, 0.29) is 30.3 Å². The molecule has 0 spiro atoms. The van der Waals surface area contributed by atoms with Crippen LogP contribution in [0.1, 0.15) is 16.1 Å². The summed E-state index contributed by atoms with van der Waals surface area (Å²) in [6.45, 7) is 0.254. The molecule has 1 aromatic carbocycles. The lowest BCUT2D eigenvalue weighted by Crippen LogP contribution is -2.27. The summed E-state index contributed by atoms with van der Waals surface area (Å²) in [5.74, 6) is -0.0302. The third kappa shape index (κ3) is 2.95. The molecule has 112 valence electrons. The van der Waals surface area contributed by atoms with Crippen molar-refractivity contribution in [2.45, 2.75) is 6.54 Å². The molecule has 0 aliphatic carbocycles. The topological polar surface area (TPSA) is 113 Å². The van der Waals surface area contributed by atoms with Gasteiger partial charge in [-0.15, -0.1) is 0 Å². The summed E-state index contributed by atoms with van der Waals surface area (Å²) in [5, 5.41) is 11.2. The van der Waals surface area contributed by atoms with Gasteiger partial charge < -0.3 is 15.4 Å². The number of hydrogen-bond donors (Lipinski definition) is 3. The van der Waals surface area contributed by atoms with Crippen LogP contribution in [0.15, 0.2) is 35.1 Å². The molecule has 22 heavy (non-hydrogen) atoms. The maximum Gasteiger partial charge on any atom is 0.271 e. The van der Waals surface area contributed by atoms with Crippen LogP contribution in [-0.4, -0.2) is 28.6 Å². The van der Waals surface area contributed by atoms with Gasteiger partial charge in [0.2, 0.25) is 0 Å². The minimum absolute atomic E-state index is 0.000954. The number of nitrogens with zero attached hydrogens (tertiary/aromatic N) is 1. The summed E-state index contributed by atoms with van der Waals surface area (Å²) >= 11 is 0. The number of ether oxygens (including phenoxy) is 1. The molecule has 2 heterocycles. The van der Waals surface area contributed by atoms with Gasteiger partial charge in [0, 0.05) is 12.6 Å². The first-order chi connectivity index (χ1) is 10.6. The first-order valence-electron chi connectivity index (χ1n) is 6.51. The van der Waals surface area contributed by atoms with Gasteiger partial charge in [-0.05, 0) is 23.8 Å². The first kappa shape index (κ1) is 13.8. The van der Waals surface area contributed by atoms with Crippen molar-refractivity contribution in [3.05, 3.63) is 51.9 Å². The summed E-state index contributed by atoms with van der Waals surface area (Å²) in [6, 6.07) is 7.82. The molecule has 0 unspecified atom stereocenters. The average molecular weight is 300 g/mol. The number of hydrogen-bond acceptors (Lipinski definition) is 5. The molecule has 2 amide bonds. The Bertz CT molecular complexity index is 779. The Morgan fingerprint density at radius 1 is 1.27 bits per heavy atom. The maximum atomic E-state index is 11.9. The Balaban J connectivity index is 1.67. The lowest BCUT2D eigenvalue weighted by atomic mass is 10.1. The van der Waals surface area contributed by atoms with Crippen molar-refractivity contribution in [2.24, 2.45) is 0 Å². The highest BCUT2D eigenvalue weighted by Gasteiger charge is 2.16. The molecule has 0 saturated carbocycles. The minimum atomic E-state index is -0.408. The van der Waals surface area contributed by atoms with E-state index in [0.717, 1.165) is 5.56 Å². The van der Waals surface area contributed by atoms with Crippen molar-refractivity contribution in [3.63, 3.8) is 0 Å². The van der Waals surface area contributed by atoms with Crippen LogP contribution in [0, 0.1) is 0 Å². The second-order valence-electron chi connectivity index (χ2n) is 4.66. The second kappa shape index (κ2) is 5.68. The number of anilines is 1. The van der Waals surface area contributed by atoms with E-state index in [0.29, 0.717) is 11.4 Å². The lowest BCUT2D eigenvalue weighted by molar-refractivity contribution is -0.118. The van der Waals surface area contributed by atoms with Gasteiger partial charge in [-0.1, -0.05) is 6.07 Å². The third-order valence-electron chi connectivity index (χ3n) is 3.04. The Morgan fingerprint density at radius 3 is 2.91 bits per heavy atom. The van der Waals surface area contributed by atoms with Gasteiger partial charge in [-0.2, -0.15) is 5.10 Å². The van der Waals surface area contributed by atoms with Crippen LogP contribution in [0.5, 0.6) is 5.75 Å².